The van der Waals surface area contributed by atoms with E-state index < -0.39 is 10.0 Å². The number of hydrogen-bond donors (Lipinski definition) is 2. The fourth-order valence-electron chi connectivity index (χ4n) is 1.20. The minimum Gasteiger partial charge on any atom is -0.373 e. The highest BCUT2D eigenvalue weighted by Gasteiger charge is 2.16. The van der Waals surface area contributed by atoms with Crippen molar-refractivity contribution < 1.29 is 8.42 Å². The molecule has 0 amide bonds. The monoisotopic (exact) mass is 285 g/mol. The Kier molecular flexibility index (Phi) is 3.43. The minimum atomic E-state index is -3.66. The Balaban J connectivity index is 2.24. The Morgan fingerprint density at radius 3 is 2.61 bits per heavy atom. The van der Waals surface area contributed by atoms with Gasteiger partial charge in [-0.25, -0.2) is 18.4 Å². The Morgan fingerprint density at radius 1 is 1.33 bits per heavy atom. The highest BCUT2D eigenvalue weighted by molar-refractivity contribution is 7.93. The number of hydrogen-bond acceptors (Lipinski definition) is 7. The predicted octanol–water partition coefficient (Wildman–Crippen LogP) is 1.08. The van der Waals surface area contributed by atoms with Gasteiger partial charge in [0.25, 0.3) is 10.0 Å². The number of nitrogens with one attached hydrogen (secondary N) is 2. The number of nitrogens with zero attached hydrogens (tertiary/aromatic N) is 3. The standard InChI is InChI=1S/C9H11N5O2S2/c1-6-12-9(17-13-6)14-18(15,16)7-3-4-8(10-2)11-5-7/h3-5H,1-2H3,(H,10,11)(H,12,13,14). The van der Waals surface area contributed by atoms with E-state index in [4.69, 9.17) is 0 Å². The third-order valence-corrected chi connectivity index (χ3v) is 4.23. The summed E-state index contributed by atoms with van der Waals surface area (Å²) in [5.74, 6) is 1.13. The molecule has 0 saturated heterocycles. The molecule has 0 spiro atoms. The zero-order valence-corrected chi connectivity index (χ0v) is 11.3. The van der Waals surface area contributed by atoms with Crippen molar-refractivity contribution in [2.45, 2.75) is 11.8 Å². The van der Waals surface area contributed by atoms with Gasteiger partial charge in [-0.15, -0.1) is 0 Å². The van der Waals surface area contributed by atoms with Crippen molar-refractivity contribution >= 4 is 32.5 Å². The molecule has 0 radical (unpaired) electrons. The Morgan fingerprint density at radius 2 is 2.11 bits per heavy atom. The van der Waals surface area contributed by atoms with E-state index in [1.165, 1.54) is 12.3 Å². The number of sulfonamides is 1. The average Bonchev–Trinajstić information content (AvgIpc) is 2.74. The van der Waals surface area contributed by atoms with Crippen LogP contribution in [-0.2, 0) is 10.0 Å². The highest BCUT2D eigenvalue weighted by atomic mass is 32.2. The van der Waals surface area contributed by atoms with E-state index in [0.717, 1.165) is 11.5 Å². The van der Waals surface area contributed by atoms with E-state index in [9.17, 15) is 8.42 Å². The number of anilines is 2. The van der Waals surface area contributed by atoms with E-state index in [1.807, 2.05) is 0 Å². The second kappa shape index (κ2) is 4.86. The van der Waals surface area contributed by atoms with Crippen LogP contribution in [0.1, 0.15) is 5.82 Å². The van der Waals surface area contributed by atoms with Crippen LogP contribution in [0.25, 0.3) is 0 Å². The van der Waals surface area contributed by atoms with Gasteiger partial charge in [-0.05, 0) is 19.1 Å². The van der Waals surface area contributed by atoms with Crippen LogP contribution in [0.15, 0.2) is 23.2 Å². The zero-order valence-electron chi connectivity index (χ0n) is 9.71. The molecule has 2 heterocycles. The summed E-state index contributed by atoms with van der Waals surface area (Å²) >= 11 is 0.995. The lowest BCUT2D eigenvalue weighted by Gasteiger charge is -2.05. The predicted molar refractivity (Wildman–Crippen MR) is 69.2 cm³/mol. The van der Waals surface area contributed by atoms with Crippen LogP contribution in [0.5, 0.6) is 0 Å². The first-order chi connectivity index (χ1) is 8.51. The molecule has 0 aromatic carbocycles. The van der Waals surface area contributed by atoms with E-state index in [1.54, 1.807) is 20.0 Å². The first-order valence-electron chi connectivity index (χ1n) is 4.98. The molecule has 2 aromatic heterocycles. The summed E-state index contributed by atoms with van der Waals surface area (Å²) in [6.07, 6.45) is 1.28. The maximum atomic E-state index is 12.0. The summed E-state index contributed by atoms with van der Waals surface area (Å²) in [5, 5.41) is 3.05. The van der Waals surface area contributed by atoms with Crippen molar-refractivity contribution in [1.82, 2.24) is 14.3 Å². The second-order valence-electron chi connectivity index (χ2n) is 3.38. The van der Waals surface area contributed by atoms with Gasteiger partial charge in [0.1, 0.15) is 16.5 Å². The lowest BCUT2D eigenvalue weighted by Crippen LogP contribution is -2.13. The number of aromatic nitrogens is 3. The smallest absolute Gasteiger partial charge is 0.265 e. The average molecular weight is 285 g/mol. The van der Waals surface area contributed by atoms with Gasteiger partial charge in [0.2, 0.25) is 5.13 Å². The molecular weight excluding hydrogens is 274 g/mol. The van der Waals surface area contributed by atoms with Crippen molar-refractivity contribution in [2.24, 2.45) is 0 Å². The molecule has 0 fully saturated rings. The van der Waals surface area contributed by atoms with Crippen LogP contribution in [0.2, 0.25) is 0 Å². The van der Waals surface area contributed by atoms with Gasteiger partial charge >= 0.3 is 0 Å². The topological polar surface area (TPSA) is 96.9 Å². The van der Waals surface area contributed by atoms with Crippen LogP contribution < -0.4 is 10.0 Å². The summed E-state index contributed by atoms with van der Waals surface area (Å²) in [6.45, 7) is 1.69. The van der Waals surface area contributed by atoms with Crippen molar-refractivity contribution in [2.75, 3.05) is 17.1 Å². The van der Waals surface area contributed by atoms with Gasteiger partial charge in [-0.3, -0.25) is 4.72 Å². The number of aryl methyl sites for hydroxylation is 1. The fourth-order valence-corrected chi connectivity index (χ4v) is 2.94. The molecule has 2 aromatic rings. The SMILES string of the molecule is CNc1ccc(S(=O)(=O)Nc2nc(C)ns2)cn1. The first kappa shape index (κ1) is 12.7. The molecule has 0 aliphatic carbocycles. The highest BCUT2D eigenvalue weighted by Crippen LogP contribution is 2.17. The van der Waals surface area contributed by atoms with Crippen LogP contribution >= 0.6 is 11.5 Å². The summed E-state index contributed by atoms with van der Waals surface area (Å²) < 4.78 is 30.2. The van der Waals surface area contributed by atoms with Crippen molar-refractivity contribution in [3.05, 3.63) is 24.2 Å². The molecular formula is C9H11N5O2S2. The maximum absolute atomic E-state index is 12.0. The zero-order chi connectivity index (χ0) is 13.2. The summed E-state index contributed by atoms with van der Waals surface area (Å²) in [4.78, 5) is 7.96. The van der Waals surface area contributed by atoms with E-state index in [0.29, 0.717) is 11.6 Å². The van der Waals surface area contributed by atoms with Gasteiger partial charge in [-0.1, -0.05) is 0 Å². The molecule has 0 aliphatic rings. The summed E-state index contributed by atoms with van der Waals surface area (Å²) in [5.41, 5.74) is 0. The maximum Gasteiger partial charge on any atom is 0.265 e. The van der Waals surface area contributed by atoms with Crippen LogP contribution in [0, 0.1) is 6.92 Å². The van der Waals surface area contributed by atoms with E-state index in [-0.39, 0.29) is 10.0 Å². The van der Waals surface area contributed by atoms with E-state index in [2.05, 4.69) is 24.4 Å². The molecule has 7 nitrogen and oxygen atoms in total. The van der Waals surface area contributed by atoms with Crippen LogP contribution in [-0.4, -0.2) is 29.8 Å². The summed E-state index contributed by atoms with van der Waals surface area (Å²) in [6, 6.07) is 3.05. The quantitative estimate of drug-likeness (QED) is 0.872. The van der Waals surface area contributed by atoms with Gasteiger partial charge in [0.05, 0.1) is 0 Å². The van der Waals surface area contributed by atoms with Gasteiger partial charge < -0.3 is 5.32 Å². The van der Waals surface area contributed by atoms with Crippen molar-refractivity contribution in [3.8, 4) is 0 Å². The van der Waals surface area contributed by atoms with Gasteiger partial charge in [0.15, 0.2) is 0 Å². The molecule has 9 heteroatoms. The Bertz CT molecular complexity index is 635. The normalized spacial score (nSPS) is 11.2. The van der Waals surface area contributed by atoms with Crippen molar-refractivity contribution in [1.29, 1.82) is 0 Å². The molecule has 0 aliphatic heterocycles. The third kappa shape index (κ3) is 2.74. The van der Waals surface area contributed by atoms with Crippen LogP contribution in [0.3, 0.4) is 0 Å². The van der Waals surface area contributed by atoms with Gasteiger partial charge in [-0.2, -0.15) is 4.37 Å². The molecule has 2 rings (SSSR count). The second-order valence-corrected chi connectivity index (χ2v) is 5.82. The molecule has 0 bridgehead atoms. The Hall–Kier alpha value is -1.74. The molecule has 2 N–H and O–H groups in total. The Labute approximate surface area is 109 Å². The van der Waals surface area contributed by atoms with Gasteiger partial charge in [0, 0.05) is 24.8 Å². The lowest BCUT2D eigenvalue weighted by atomic mass is 10.5. The number of rotatable bonds is 4. The summed E-state index contributed by atoms with van der Waals surface area (Å²) in [7, 11) is -1.95. The molecule has 0 atom stereocenters. The largest absolute Gasteiger partial charge is 0.373 e. The molecule has 96 valence electrons. The number of pyridine rings is 1. The first-order valence-corrected chi connectivity index (χ1v) is 7.24. The minimum absolute atomic E-state index is 0.0781. The van der Waals surface area contributed by atoms with Crippen LogP contribution in [0.4, 0.5) is 10.9 Å². The third-order valence-electron chi connectivity index (χ3n) is 2.05. The fraction of sp³-hybridized carbons (Fsp3) is 0.222. The molecule has 18 heavy (non-hydrogen) atoms. The van der Waals surface area contributed by atoms with E-state index >= 15 is 0 Å². The van der Waals surface area contributed by atoms with Crippen molar-refractivity contribution in [3.63, 3.8) is 0 Å². The molecule has 0 unspecified atom stereocenters. The lowest BCUT2D eigenvalue weighted by molar-refractivity contribution is 0.601. The molecule has 0 saturated carbocycles.